The Hall–Kier alpha value is -0.630. The summed E-state index contributed by atoms with van der Waals surface area (Å²) >= 11 is 0. The molecule has 9 heteroatoms. The highest BCUT2D eigenvalue weighted by Crippen LogP contribution is 2.50. The molecule has 0 bridgehead atoms. The fourth-order valence-corrected chi connectivity index (χ4v) is 1.73. The summed E-state index contributed by atoms with van der Waals surface area (Å²) in [4.78, 5) is 0. The predicted molar refractivity (Wildman–Crippen MR) is 59.3 cm³/mol. The minimum atomic E-state index is -5.84. The molecule has 128 valence electrons. The number of halogens is 9. The van der Waals surface area contributed by atoms with Crippen LogP contribution < -0.4 is 0 Å². The molecule has 0 rings (SSSR count). The van der Waals surface area contributed by atoms with Crippen LogP contribution in [0.15, 0.2) is 0 Å². The van der Waals surface area contributed by atoms with Crippen molar-refractivity contribution in [2.45, 2.75) is 75.8 Å². The zero-order chi connectivity index (χ0) is 17.5. The lowest BCUT2D eigenvalue weighted by molar-refractivity contribution is -0.288. The maximum absolute atomic E-state index is 14.1. The second-order valence-corrected chi connectivity index (χ2v) is 5.61. The summed E-state index contributed by atoms with van der Waals surface area (Å²) in [7, 11) is 0. The van der Waals surface area contributed by atoms with Crippen molar-refractivity contribution in [3.05, 3.63) is 0 Å². The second kappa shape index (κ2) is 5.53. The van der Waals surface area contributed by atoms with E-state index >= 15 is 0 Å². The van der Waals surface area contributed by atoms with Crippen LogP contribution in [0.5, 0.6) is 0 Å². The highest BCUT2D eigenvalue weighted by Gasteiger charge is 2.70. The molecule has 0 fully saturated rings. The SMILES string of the molecule is CCC(F)(CC(F)(F)C(F)(F)C(F)C(C)(F)F)C(C)(C)F. The lowest BCUT2D eigenvalue weighted by Crippen LogP contribution is -2.58. The van der Waals surface area contributed by atoms with Crippen LogP contribution in [0.3, 0.4) is 0 Å². The Kier molecular flexibility index (Phi) is 5.37. The Morgan fingerprint density at radius 1 is 0.810 bits per heavy atom. The van der Waals surface area contributed by atoms with Crippen LogP contribution in [0.4, 0.5) is 39.5 Å². The van der Waals surface area contributed by atoms with Crippen molar-refractivity contribution in [3.63, 3.8) is 0 Å². The summed E-state index contributed by atoms with van der Waals surface area (Å²) < 4.78 is 119. The summed E-state index contributed by atoms with van der Waals surface area (Å²) in [5.74, 6) is -16.1. The first kappa shape index (κ1) is 20.4. The molecule has 21 heavy (non-hydrogen) atoms. The maximum Gasteiger partial charge on any atom is 0.346 e. The van der Waals surface area contributed by atoms with Crippen molar-refractivity contribution in [1.29, 1.82) is 0 Å². The summed E-state index contributed by atoms with van der Waals surface area (Å²) in [5, 5.41) is 0. The van der Waals surface area contributed by atoms with Gasteiger partial charge < -0.3 is 0 Å². The van der Waals surface area contributed by atoms with Crippen molar-refractivity contribution in [2.24, 2.45) is 0 Å². The van der Waals surface area contributed by atoms with Crippen LogP contribution in [0, 0.1) is 0 Å². The van der Waals surface area contributed by atoms with E-state index < -0.39 is 48.1 Å². The molecule has 0 heterocycles. The number of rotatable bonds is 7. The molecule has 0 aromatic rings. The molecule has 0 spiro atoms. The van der Waals surface area contributed by atoms with Crippen LogP contribution in [0.2, 0.25) is 0 Å². The van der Waals surface area contributed by atoms with Crippen LogP contribution >= 0.6 is 0 Å². The molecule has 0 aliphatic rings. The molecule has 2 atom stereocenters. The third-order valence-electron chi connectivity index (χ3n) is 3.38. The van der Waals surface area contributed by atoms with Gasteiger partial charge in [-0.05, 0) is 20.3 Å². The molecule has 0 aliphatic heterocycles. The molecule has 2 unspecified atom stereocenters. The topological polar surface area (TPSA) is 0 Å². The van der Waals surface area contributed by atoms with E-state index in [0.717, 1.165) is 6.92 Å². The van der Waals surface area contributed by atoms with Gasteiger partial charge in [0.05, 0.1) is 6.42 Å². The first-order valence-electron chi connectivity index (χ1n) is 6.08. The normalized spacial score (nSPS) is 19.3. The van der Waals surface area contributed by atoms with Gasteiger partial charge in [-0.3, -0.25) is 0 Å². The van der Waals surface area contributed by atoms with E-state index in [9.17, 15) is 39.5 Å². The third kappa shape index (κ3) is 3.97. The van der Waals surface area contributed by atoms with Gasteiger partial charge >= 0.3 is 11.8 Å². The molecule has 0 aliphatic carbocycles. The third-order valence-corrected chi connectivity index (χ3v) is 3.38. The zero-order valence-corrected chi connectivity index (χ0v) is 11.9. The van der Waals surface area contributed by atoms with E-state index in [1.165, 1.54) is 0 Å². The average molecular weight is 332 g/mol. The molecule has 0 N–H and O–H groups in total. The summed E-state index contributed by atoms with van der Waals surface area (Å²) in [6, 6.07) is 0. The number of hydrogen-bond donors (Lipinski definition) is 0. The van der Waals surface area contributed by atoms with Crippen LogP contribution in [0.25, 0.3) is 0 Å². The van der Waals surface area contributed by atoms with E-state index in [-0.39, 0.29) is 6.92 Å². The van der Waals surface area contributed by atoms with Crippen molar-refractivity contribution in [3.8, 4) is 0 Å². The predicted octanol–water partition coefficient (Wildman–Crippen LogP) is 5.51. The van der Waals surface area contributed by atoms with Crippen LogP contribution in [-0.2, 0) is 0 Å². The summed E-state index contributed by atoms with van der Waals surface area (Å²) in [5.41, 5.74) is -6.37. The van der Waals surface area contributed by atoms with Gasteiger partial charge in [0.2, 0.25) is 6.17 Å². The van der Waals surface area contributed by atoms with Gasteiger partial charge in [-0.1, -0.05) is 6.92 Å². The van der Waals surface area contributed by atoms with Gasteiger partial charge in [0, 0.05) is 6.92 Å². The van der Waals surface area contributed by atoms with Gasteiger partial charge in [0.1, 0.15) is 11.3 Å². The Balaban J connectivity index is 5.58. The number of alkyl halides is 9. The largest absolute Gasteiger partial charge is 0.346 e. The van der Waals surface area contributed by atoms with Gasteiger partial charge in [-0.2, -0.15) is 17.6 Å². The van der Waals surface area contributed by atoms with Gasteiger partial charge in [-0.15, -0.1) is 0 Å². The molecular weight excluding hydrogens is 315 g/mol. The van der Waals surface area contributed by atoms with Crippen molar-refractivity contribution in [1.82, 2.24) is 0 Å². The lowest BCUT2D eigenvalue weighted by Gasteiger charge is -2.39. The minimum absolute atomic E-state index is 0.302. The first-order chi connectivity index (χ1) is 8.92. The monoisotopic (exact) mass is 332 g/mol. The summed E-state index contributed by atoms with van der Waals surface area (Å²) in [6.07, 6.45) is -7.85. The molecule has 0 radical (unpaired) electrons. The van der Waals surface area contributed by atoms with Gasteiger partial charge in [0.15, 0.2) is 0 Å². The molecule has 0 aromatic heterocycles. The Labute approximate surface area is 116 Å². The first-order valence-corrected chi connectivity index (χ1v) is 6.08. The molecule has 0 saturated carbocycles. The lowest BCUT2D eigenvalue weighted by atomic mass is 9.80. The van der Waals surface area contributed by atoms with Crippen molar-refractivity contribution >= 4 is 0 Å². The van der Waals surface area contributed by atoms with Crippen molar-refractivity contribution in [2.75, 3.05) is 0 Å². The van der Waals surface area contributed by atoms with Gasteiger partial charge in [0.25, 0.3) is 5.92 Å². The maximum atomic E-state index is 14.1. The van der Waals surface area contributed by atoms with Crippen molar-refractivity contribution < 1.29 is 39.5 Å². The fourth-order valence-electron chi connectivity index (χ4n) is 1.73. The molecule has 0 aromatic carbocycles. The van der Waals surface area contributed by atoms with Crippen LogP contribution in [0.1, 0.15) is 40.5 Å². The fraction of sp³-hybridized carbons (Fsp3) is 1.00. The Morgan fingerprint density at radius 2 is 1.19 bits per heavy atom. The second-order valence-electron chi connectivity index (χ2n) is 5.61. The van der Waals surface area contributed by atoms with E-state index in [1.807, 2.05) is 0 Å². The highest BCUT2D eigenvalue weighted by molar-refractivity contribution is 5.04. The minimum Gasteiger partial charge on any atom is -0.241 e. The highest BCUT2D eigenvalue weighted by atomic mass is 19.3. The number of hydrogen-bond acceptors (Lipinski definition) is 0. The standard InChI is InChI=1S/C12H17F9/c1-5-10(17,8(2,3)14)6-11(18,19)12(20,21)7(13)9(4,15)16/h7H,5-6H2,1-4H3. The Morgan fingerprint density at radius 3 is 1.43 bits per heavy atom. The zero-order valence-electron chi connectivity index (χ0n) is 11.9. The van der Waals surface area contributed by atoms with E-state index in [1.54, 1.807) is 0 Å². The Bertz CT molecular complexity index is 353. The smallest absolute Gasteiger partial charge is 0.241 e. The summed E-state index contributed by atoms with van der Waals surface area (Å²) in [6.45, 7) is 1.72. The van der Waals surface area contributed by atoms with Crippen LogP contribution in [-0.4, -0.2) is 35.3 Å². The molecular formula is C12H17F9. The molecule has 0 nitrogen and oxygen atoms in total. The van der Waals surface area contributed by atoms with E-state index in [4.69, 9.17) is 0 Å². The quantitative estimate of drug-likeness (QED) is 0.540. The van der Waals surface area contributed by atoms with Gasteiger partial charge in [-0.25, -0.2) is 22.0 Å². The van der Waals surface area contributed by atoms with E-state index in [0.29, 0.717) is 13.8 Å². The van der Waals surface area contributed by atoms with E-state index in [2.05, 4.69) is 0 Å². The average Bonchev–Trinajstić information content (AvgIpc) is 2.24. The molecule has 0 amide bonds. The molecule has 0 saturated heterocycles.